The zero-order valence-corrected chi connectivity index (χ0v) is 16.5. The maximum Gasteiger partial charge on any atom is 0.326 e. The van der Waals surface area contributed by atoms with Crippen molar-refractivity contribution >= 4 is 23.7 Å². The first kappa shape index (κ1) is 22.9. The van der Waals surface area contributed by atoms with Crippen LogP contribution in [0.25, 0.3) is 0 Å². The molecular formula is C18H32N4O5. The second-order valence-electron chi connectivity index (χ2n) is 7.39. The van der Waals surface area contributed by atoms with E-state index in [9.17, 15) is 24.3 Å². The number of nitrogens with one attached hydrogen (secondary N) is 2. The number of nitrogens with zero attached hydrogens (tertiary/aromatic N) is 1. The first-order valence-electron chi connectivity index (χ1n) is 9.47. The van der Waals surface area contributed by atoms with Gasteiger partial charge < -0.3 is 26.4 Å². The molecule has 0 spiro atoms. The number of amides is 3. The summed E-state index contributed by atoms with van der Waals surface area (Å²) in [4.78, 5) is 50.2. The highest BCUT2D eigenvalue weighted by molar-refractivity contribution is 5.94. The van der Waals surface area contributed by atoms with Gasteiger partial charge in [-0.25, -0.2) is 4.79 Å². The number of carbonyl (C=O) groups excluding carboxylic acids is 3. The Labute approximate surface area is 160 Å². The maximum atomic E-state index is 13.0. The van der Waals surface area contributed by atoms with E-state index in [4.69, 9.17) is 5.73 Å². The van der Waals surface area contributed by atoms with E-state index in [1.807, 2.05) is 13.8 Å². The number of carbonyl (C=O) groups is 4. The Morgan fingerprint density at radius 1 is 1.15 bits per heavy atom. The van der Waals surface area contributed by atoms with E-state index < -0.39 is 35.9 Å². The fraction of sp³-hybridized carbons (Fsp3) is 0.778. The number of nitrogens with two attached hydrogens (primary N) is 1. The van der Waals surface area contributed by atoms with Gasteiger partial charge in [0.1, 0.15) is 18.1 Å². The molecule has 0 saturated carbocycles. The van der Waals surface area contributed by atoms with Crippen LogP contribution in [0.4, 0.5) is 0 Å². The number of aliphatic carboxylic acids is 1. The summed E-state index contributed by atoms with van der Waals surface area (Å²) in [5.41, 5.74) is 5.35. The molecule has 5 N–H and O–H groups in total. The summed E-state index contributed by atoms with van der Waals surface area (Å²) in [5.74, 6) is -2.76. The number of hydrogen-bond donors (Lipinski definition) is 4. The topological polar surface area (TPSA) is 142 Å². The molecular weight excluding hydrogens is 352 g/mol. The van der Waals surface area contributed by atoms with Gasteiger partial charge in [0.05, 0.1) is 6.54 Å². The van der Waals surface area contributed by atoms with E-state index in [0.29, 0.717) is 25.8 Å². The average Bonchev–Trinajstić information content (AvgIpc) is 3.11. The highest BCUT2D eigenvalue weighted by Gasteiger charge is 2.40. The third-order valence-corrected chi connectivity index (χ3v) is 5.05. The lowest BCUT2D eigenvalue weighted by Gasteiger charge is -2.32. The third kappa shape index (κ3) is 5.92. The summed E-state index contributed by atoms with van der Waals surface area (Å²) in [5, 5.41) is 14.5. The summed E-state index contributed by atoms with van der Waals surface area (Å²) in [7, 11) is 0. The molecule has 154 valence electrons. The highest BCUT2D eigenvalue weighted by atomic mass is 16.4. The van der Waals surface area contributed by atoms with E-state index in [1.165, 1.54) is 4.90 Å². The monoisotopic (exact) mass is 384 g/mol. The van der Waals surface area contributed by atoms with Crippen molar-refractivity contribution in [2.75, 3.05) is 13.1 Å². The van der Waals surface area contributed by atoms with Crippen molar-refractivity contribution in [1.29, 1.82) is 0 Å². The minimum Gasteiger partial charge on any atom is -0.480 e. The van der Waals surface area contributed by atoms with Crippen molar-refractivity contribution in [2.45, 2.75) is 65.1 Å². The third-order valence-electron chi connectivity index (χ3n) is 5.05. The predicted molar refractivity (Wildman–Crippen MR) is 99.6 cm³/mol. The molecule has 4 unspecified atom stereocenters. The molecule has 1 aliphatic rings. The van der Waals surface area contributed by atoms with E-state index in [-0.39, 0.29) is 24.3 Å². The Morgan fingerprint density at radius 2 is 1.78 bits per heavy atom. The van der Waals surface area contributed by atoms with Crippen molar-refractivity contribution in [3.8, 4) is 0 Å². The summed E-state index contributed by atoms with van der Waals surface area (Å²) >= 11 is 0. The minimum absolute atomic E-state index is 0.125. The van der Waals surface area contributed by atoms with Crippen LogP contribution in [-0.4, -0.2) is 64.9 Å². The fourth-order valence-electron chi connectivity index (χ4n) is 3.16. The van der Waals surface area contributed by atoms with E-state index in [0.717, 1.165) is 0 Å². The minimum atomic E-state index is -1.11. The van der Waals surface area contributed by atoms with E-state index in [2.05, 4.69) is 10.6 Å². The molecule has 0 aromatic carbocycles. The highest BCUT2D eigenvalue weighted by Crippen LogP contribution is 2.22. The second kappa shape index (κ2) is 10.2. The Kier molecular flexibility index (Phi) is 8.68. The van der Waals surface area contributed by atoms with E-state index in [1.54, 1.807) is 13.8 Å². The van der Waals surface area contributed by atoms with Crippen LogP contribution in [0.3, 0.4) is 0 Å². The number of likely N-dealkylation sites (tertiary alicyclic amines) is 1. The quantitative estimate of drug-likeness (QED) is 0.430. The Hall–Kier alpha value is -2.16. The maximum absolute atomic E-state index is 13.0. The van der Waals surface area contributed by atoms with Crippen LogP contribution in [-0.2, 0) is 19.2 Å². The lowest BCUT2D eigenvalue weighted by Crippen LogP contribution is -2.57. The SMILES string of the molecule is CCC(C)C(NC(=O)CN)C(=O)N1CCCC1C(=O)NC(C(=O)O)C(C)C. The van der Waals surface area contributed by atoms with Crippen molar-refractivity contribution < 1.29 is 24.3 Å². The molecule has 27 heavy (non-hydrogen) atoms. The molecule has 0 aromatic rings. The zero-order chi connectivity index (χ0) is 20.7. The first-order valence-corrected chi connectivity index (χ1v) is 9.47. The molecule has 0 radical (unpaired) electrons. The van der Waals surface area contributed by atoms with Crippen LogP contribution in [0, 0.1) is 11.8 Å². The molecule has 0 aromatic heterocycles. The number of hydrogen-bond acceptors (Lipinski definition) is 5. The number of carboxylic acids is 1. The molecule has 4 atom stereocenters. The van der Waals surface area contributed by atoms with Crippen LogP contribution >= 0.6 is 0 Å². The van der Waals surface area contributed by atoms with Gasteiger partial charge in [-0.15, -0.1) is 0 Å². The summed E-state index contributed by atoms with van der Waals surface area (Å²) < 4.78 is 0. The molecule has 3 amide bonds. The second-order valence-corrected chi connectivity index (χ2v) is 7.39. The van der Waals surface area contributed by atoms with Gasteiger partial charge in [0.15, 0.2) is 0 Å². The van der Waals surface area contributed by atoms with E-state index >= 15 is 0 Å². The van der Waals surface area contributed by atoms with Crippen molar-refractivity contribution in [1.82, 2.24) is 15.5 Å². The van der Waals surface area contributed by atoms with Gasteiger partial charge in [-0.1, -0.05) is 34.1 Å². The normalized spacial score (nSPS) is 20.1. The van der Waals surface area contributed by atoms with Gasteiger partial charge in [0.2, 0.25) is 17.7 Å². The molecule has 1 heterocycles. The Morgan fingerprint density at radius 3 is 2.26 bits per heavy atom. The standard InChI is InChI=1S/C18H32N4O5/c1-5-11(4)15(20-13(23)9-19)17(25)22-8-6-7-12(22)16(24)21-14(10(2)3)18(26)27/h10-12,14-15H,5-9,19H2,1-4H3,(H,20,23)(H,21,24)(H,26,27). The number of carboxylic acid groups (broad SMARTS) is 1. The largest absolute Gasteiger partial charge is 0.480 e. The van der Waals surface area contributed by atoms with Gasteiger partial charge in [-0.3, -0.25) is 14.4 Å². The van der Waals surface area contributed by atoms with Crippen molar-refractivity contribution in [3.63, 3.8) is 0 Å². The predicted octanol–water partition coefficient (Wildman–Crippen LogP) is -0.308. The summed E-state index contributed by atoms with van der Waals surface area (Å²) in [6, 6.07) is -2.52. The molecule has 9 nitrogen and oxygen atoms in total. The van der Waals surface area contributed by atoms with Gasteiger partial charge in [0, 0.05) is 6.54 Å². The lowest BCUT2D eigenvalue weighted by molar-refractivity contribution is -0.146. The molecule has 1 rings (SSSR count). The van der Waals surface area contributed by atoms with Crippen molar-refractivity contribution in [2.24, 2.45) is 17.6 Å². The van der Waals surface area contributed by atoms with Crippen LogP contribution in [0.15, 0.2) is 0 Å². The van der Waals surface area contributed by atoms with Crippen LogP contribution < -0.4 is 16.4 Å². The van der Waals surface area contributed by atoms with Gasteiger partial charge >= 0.3 is 5.97 Å². The average molecular weight is 384 g/mol. The molecule has 0 bridgehead atoms. The van der Waals surface area contributed by atoms with Crippen LogP contribution in [0.1, 0.15) is 47.0 Å². The Balaban J connectivity index is 2.95. The van der Waals surface area contributed by atoms with Gasteiger partial charge in [-0.05, 0) is 24.7 Å². The Bertz CT molecular complexity index is 566. The molecule has 1 aliphatic heterocycles. The lowest BCUT2D eigenvalue weighted by atomic mass is 9.97. The molecule has 0 aliphatic carbocycles. The van der Waals surface area contributed by atoms with Gasteiger partial charge in [0.25, 0.3) is 0 Å². The first-order chi connectivity index (χ1) is 12.6. The molecule has 1 saturated heterocycles. The molecule has 1 fully saturated rings. The van der Waals surface area contributed by atoms with Gasteiger partial charge in [-0.2, -0.15) is 0 Å². The number of rotatable bonds is 9. The summed E-state index contributed by atoms with van der Waals surface area (Å²) in [6.45, 7) is 7.34. The van der Waals surface area contributed by atoms with Crippen LogP contribution in [0.5, 0.6) is 0 Å². The molecule has 9 heteroatoms. The van der Waals surface area contributed by atoms with Crippen LogP contribution in [0.2, 0.25) is 0 Å². The fourth-order valence-corrected chi connectivity index (χ4v) is 3.16. The smallest absolute Gasteiger partial charge is 0.326 e. The zero-order valence-electron chi connectivity index (χ0n) is 16.5. The van der Waals surface area contributed by atoms with Crippen molar-refractivity contribution in [3.05, 3.63) is 0 Å². The summed E-state index contributed by atoms with van der Waals surface area (Å²) in [6.07, 6.45) is 1.77.